The first-order valence-corrected chi connectivity index (χ1v) is 8.57. The zero-order valence-electron chi connectivity index (χ0n) is 12.9. The zero-order chi connectivity index (χ0) is 17.9. The van der Waals surface area contributed by atoms with Crippen LogP contribution in [0.2, 0.25) is 0 Å². The van der Waals surface area contributed by atoms with Gasteiger partial charge < -0.3 is 10.3 Å². The topological polar surface area (TPSA) is 95.7 Å². The first kappa shape index (κ1) is 16.5. The van der Waals surface area contributed by atoms with E-state index in [1.165, 1.54) is 0 Å². The lowest BCUT2D eigenvalue weighted by atomic mass is 10.2. The average Bonchev–Trinajstić information content (AvgIpc) is 3.20. The van der Waals surface area contributed by atoms with Crippen molar-refractivity contribution in [2.45, 2.75) is 37.9 Å². The number of halogens is 4. The highest BCUT2D eigenvalue weighted by molar-refractivity contribution is 14.1. The molecule has 1 atom stereocenters. The third-order valence-corrected chi connectivity index (χ3v) is 5.23. The summed E-state index contributed by atoms with van der Waals surface area (Å²) in [6.45, 7) is 1.01. The van der Waals surface area contributed by atoms with Crippen molar-refractivity contribution in [3.63, 3.8) is 0 Å². The molecule has 0 saturated heterocycles. The van der Waals surface area contributed by atoms with Gasteiger partial charge in [-0.2, -0.15) is 18.3 Å². The molecular weight excluding hydrogens is 452 g/mol. The Morgan fingerprint density at radius 1 is 1.32 bits per heavy atom. The quantitative estimate of drug-likeness (QED) is 0.595. The van der Waals surface area contributed by atoms with Gasteiger partial charge in [-0.1, -0.05) is 5.16 Å². The van der Waals surface area contributed by atoms with Crippen molar-refractivity contribution < 1.29 is 17.7 Å². The van der Waals surface area contributed by atoms with E-state index in [-0.39, 0.29) is 22.5 Å². The van der Waals surface area contributed by atoms with Crippen molar-refractivity contribution in [2.75, 3.05) is 5.73 Å². The van der Waals surface area contributed by atoms with Crippen LogP contribution in [-0.4, -0.2) is 31.1 Å². The second-order valence-electron chi connectivity index (χ2n) is 5.95. The van der Waals surface area contributed by atoms with E-state index in [9.17, 15) is 13.2 Å². The van der Waals surface area contributed by atoms with Gasteiger partial charge in [0.15, 0.2) is 11.4 Å². The fourth-order valence-corrected chi connectivity index (χ4v) is 3.50. The van der Waals surface area contributed by atoms with Crippen LogP contribution in [0.1, 0.15) is 37.5 Å². The predicted octanol–water partition coefficient (Wildman–Crippen LogP) is 3.67. The number of nitrogens with two attached hydrogens (primary N) is 1. The molecule has 3 aromatic heterocycles. The van der Waals surface area contributed by atoms with Crippen molar-refractivity contribution in [2.24, 2.45) is 0 Å². The molecule has 1 unspecified atom stereocenters. The number of hydrogen-bond acceptors (Lipinski definition) is 6. The summed E-state index contributed by atoms with van der Waals surface area (Å²) in [6, 6.07) is -1.87. The van der Waals surface area contributed by atoms with Crippen LogP contribution >= 0.6 is 22.6 Å². The van der Waals surface area contributed by atoms with Crippen LogP contribution in [0.3, 0.4) is 0 Å². The first-order valence-electron chi connectivity index (χ1n) is 7.50. The molecule has 3 aromatic rings. The number of aromatic nitrogens is 5. The van der Waals surface area contributed by atoms with Gasteiger partial charge in [0.2, 0.25) is 0 Å². The maximum Gasteiger partial charge on any atom is 0.410 e. The van der Waals surface area contributed by atoms with Gasteiger partial charge in [0, 0.05) is 5.92 Å². The molecule has 1 aliphatic carbocycles. The molecule has 1 saturated carbocycles. The maximum absolute atomic E-state index is 13.2. The molecule has 3 heterocycles. The summed E-state index contributed by atoms with van der Waals surface area (Å²) in [5.41, 5.74) is 6.47. The van der Waals surface area contributed by atoms with Crippen molar-refractivity contribution >= 4 is 39.4 Å². The molecule has 0 spiro atoms. The Balaban J connectivity index is 1.95. The van der Waals surface area contributed by atoms with Crippen molar-refractivity contribution in [3.8, 4) is 11.4 Å². The molecule has 1 aliphatic rings. The fraction of sp³-hybridized carbons (Fsp3) is 0.429. The Kier molecular flexibility index (Phi) is 3.67. The Morgan fingerprint density at radius 2 is 2.04 bits per heavy atom. The van der Waals surface area contributed by atoms with E-state index < -0.39 is 12.2 Å². The lowest BCUT2D eigenvalue weighted by molar-refractivity contribution is -0.164. The molecule has 2 N–H and O–H groups in total. The van der Waals surface area contributed by atoms with Gasteiger partial charge in [0.25, 0.3) is 0 Å². The van der Waals surface area contributed by atoms with Crippen LogP contribution in [0.4, 0.5) is 19.0 Å². The summed E-state index contributed by atoms with van der Waals surface area (Å²) in [5, 5.41) is 8.39. The second-order valence-corrected chi connectivity index (χ2v) is 7.03. The third-order valence-electron chi connectivity index (χ3n) is 4.19. The number of alkyl halides is 3. The normalized spacial score (nSPS) is 16.5. The summed E-state index contributed by atoms with van der Waals surface area (Å²) >= 11 is 2.07. The van der Waals surface area contributed by atoms with Gasteiger partial charge in [0.1, 0.15) is 29.6 Å². The molecule has 11 heteroatoms. The van der Waals surface area contributed by atoms with Crippen LogP contribution in [0, 0.1) is 3.57 Å². The van der Waals surface area contributed by atoms with Crippen molar-refractivity contribution in [1.29, 1.82) is 0 Å². The molecule has 7 nitrogen and oxygen atoms in total. The van der Waals surface area contributed by atoms with E-state index in [0.29, 0.717) is 11.6 Å². The summed E-state index contributed by atoms with van der Waals surface area (Å²) in [4.78, 5) is 7.84. The number of rotatable bonds is 3. The van der Waals surface area contributed by atoms with E-state index in [0.717, 1.165) is 40.1 Å². The molecule has 1 fully saturated rings. The van der Waals surface area contributed by atoms with Crippen LogP contribution in [0.15, 0.2) is 10.9 Å². The first-order chi connectivity index (χ1) is 11.8. The molecule has 0 bridgehead atoms. The SMILES string of the molecule is CC(n1nc(-c2noc(C3CC3)c2I)c2c(N)ncnc21)C(F)(F)F. The van der Waals surface area contributed by atoms with E-state index in [1.807, 2.05) is 0 Å². The molecule has 0 aliphatic heterocycles. The summed E-state index contributed by atoms with van der Waals surface area (Å²) in [5.74, 6) is 1.09. The largest absolute Gasteiger partial charge is 0.410 e. The summed E-state index contributed by atoms with van der Waals surface area (Å²) in [6.07, 6.45) is -1.34. The Labute approximate surface area is 152 Å². The number of hydrogen-bond donors (Lipinski definition) is 1. The van der Waals surface area contributed by atoms with Gasteiger partial charge in [-0.25, -0.2) is 14.6 Å². The smallest absolute Gasteiger partial charge is 0.383 e. The van der Waals surface area contributed by atoms with Gasteiger partial charge in [0.05, 0.1) is 8.96 Å². The number of nitrogens with zero attached hydrogens (tertiary/aromatic N) is 5. The minimum absolute atomic E-state index is 0.0131. The van der Waals surface area contributed by atoms with Gasteiger partial charge in [-0.3, -0.25) is 0 Å². The van der Waals surface area contributed by atoms with Crippen molar-refractivity contribution in [1.82, 2.24) is 24.9 Å². The highest BCUT2D eigenvalue weighted by Gasteiger charge is 2.40. The number of anilines is 1. The minimum Gasteiger partial charge on any atom is -0.383 e. The van der Waals surface area contributed by atoms with E-state index in [2.05, 4.69) is 42.8 Å². The zero-order valence-corrected chi connectivity index (χ0v) is 15.0. The van der Waals surface area contributed by atoms with E-state index in [1.54, 1.807) is 0 Å². The highest BCUT2D eigenvalue weighted by Crippen LogP contribution is 2.45. The standard InChI is InChI=1S/C14H12F3IN6O/c1-5(14(15,16)17)24-13-7(12(19)20-4-21-13)9(22-24)10-8(18)11(25-23-10)6-2-3-6/h4-6H,2-3H2,1H3,(H2,19,20,21). The minimum atomic E-state index is -4.48. The molecule has 25 heavy (non-hydrogen) atoms. The molecule has 0 amide bonds. The maximum atomic E-state index is 13.2. The molecule has 4 rings (SSSR count). The van der Waals surface area contributed by atoms with Gasteiger partial charge in [-0.05, 0) is 42.4 Å². The third kappa shape index (κ3) is 2.64. The lowest BCUT2D eigenvalue weighted by Crippen LogP contribution is -2.25. The summed E-state index contributed by atoms with van der Waals surface area (Å²) < 4.78 is 46.5. The Bertz CT molecular complexity index is 962. The van der Waals surface area contributed by atoms with Gasteiger partial charge in [-0.15, -0.1) is 0 Å². The average molecular weight is 464 g/mol. The number of fused-ring (bicyclic) bond motifs is 1. The van der Waals surface area contributed by atoms with Crippen LogP contribution < -0.4 is 5.73 Å². The van der Waals surface area contributed by atoms with E-state index >= 15 is 0 Å². The van der Waals surface area contributed by atoms with Crippen molar-refractivity contribution in [3.05, 3.63) is 15.7 Å². The second kappa shape index (κ2) is 5.54. The summed E-state index contributed by atoms with van der Waals surface area (Å²) in [7, 11) is 0. The Morgan fingerprint density at radius 3 is 2.68 bits per heavy atom. The van der Waals surface area contributed by atoms with Crippen LogP contribution in [-0.2, 0) is 0 Å². The molecular formula is C14H12F3IN6O. The number of nitrogen functional groups attached to an aromatic ring is 1. The van der Waals surface area contributed by atoms with Crippen LogP contribution in [0.5, 0.6) is 0 Å². The van der Waals surface area contributed by atoms with Crippen LogP contribution in [0.25, 0.3) is 22.4 Å². The Hall–Kier alpha value is -1.92. The lowest BCUT2D eigenvalue weighted by Gasteiger charge is -2.16. The predicted molar refractivity (Wildman–Crippen MR) is 90.7 cm³/mol. The molecule has 132 valence electrons. The molecule has 0 radical (unpaired) electrons. The highest BCUT2D eigenvalue weighted by atomic mass is 127. The fourth-order valence-electron chi connectivity index (χ4n) is 2.61. The van der Waals surface area contributed by atoms with Gasteiger partial charge >= 0.3 is 6.18 Å². The monoisotopic (exact) mass is 464 g/mol. The molecule has 0 aromatic carbocycles. The van der Waals surface area contributed by atoms with E-state index in [4.69, 9.17) is 10.3 Å².